The summed E-state index contributed by atoms with van der Waals surface area (Å²) in [4.78, 5) is 28.6. The SMILES string of the molecule is COC(=O)c1cc(NC(=O)C2OC(C)(CC(F)(F)F)CC2c2ccc(F)c(F)c2OC)ccn1. The normalized spacial score (nSPS) is 22.4. The highest BCUT2D eigenvalue weighted by Crippen LogP contribution is 2.49. The molecule has 0 aliphatic carbocycles. The Balaban J connectivity index is 1.98. The number of hydrogen-bond acceptors (Lipinski definition) is 6. The van der Waals surface area contributed by atoms with Crippen molar-refractivity contribution in [2.45, 2.75) is 43.6 Å². The molecule has 1 fully saturated rings. The minimum Gasteiger partial charge on any atom is -0.493 e. The molecule has 1 aromatic heterocycles. The van der Waals surface area contributed by atoms with Crippen LogP contribution >= 0.6 is 0 Å². The van der Waals surface area contributed by atoms with Crippen LogP contribution in [0.25, 0.3) is 0 Å². The molecule has 3 rings (SSSR count). The van der Waals surface area contributed by atoms with E-state index in [0.717, 1.165) is 26.4 Å². The van der Waals surface area contributed by atoms with Gasteiger partial charge in [-0.1, -0.05) is 6.07 Å². The fourth-order valence-electron chi connectivity index (χ4n) is 4.04. The molecular formula is C22H21F5N2O5. The van der Waals surface area contributed by atoms with Gasteiger partial charge in [-0.15, -0.1) is 0 Å². The van der Waals surface area contributed by atoms with Crippen molar-refractivity contribution < 1.29 is 45.8 Å². The van der Waals surface area contributed by atoms with Gasteiger partial charge < -0.3 is 19.5 Å². The number of benzene rings is 1. The first kappa shape index (κ1) is 25.3. The third kappa shape index (κ3) is 5.44. The van der Waals surface area contributed by atoms with Gasteiger partial charge in [0.05, 0.1) is 26.2 Å². The van der Waals surface area contributed by atoms with E-state index in [0.29, 0.717) is 0 Å². The highest BCUT2D eigenvalue weighted by Gasteiger charge is 2.52. The highest BCUT2D eigenvalue weighted by molar-refractivity contribution is 5.96. The standard InChI is InChI=1S/C22H21F5N2O5/c1-21(10-22(25,26)27)9-13(12-4-5-14(23)16(24)17(12)32-2)18(34-21)19(30)29-11-6-7-28-15(8-11)20(31)33-3/h4-8,13,18H,9-10H2,1-3H3,(H,28,29,30). The number of methoxy groups -OCH3 is 2. The lowest BCUT2D eigenvalue weighted by Crippen LogP contribution is -2.36. The third-order valence-corrected chi connectivity index (χ3v) is 5.37. The molecule has 0 bridgehead atoms. The van der Waals surface area contributed by atoms with E-state index in [1.807, 2.05) is 0 Å². The van der Waals surface area contributed by atoms with Crippen LogP contribution in [0.5, 0.6) is 5.75 Å². The molecule has 1 aromatic carbocycles. The minimum absolute atomic E-state index is 0.0163. The van der Waals surface area contributed by atoms with Crippen LogP contribution in [0.4, 0.5) is 27.6 Å². The van der Waals surface area contributed by atoms with Crippen molar-refractivity contribution >= 4 is 17.6 Å². The number of aromatic nitrogens is 1. The van der Waals surface area contributed by atoms with Gasteiger partial charge in [-0.05, 0) is 31.5 Å². The number of nitrogens with one attached hydrogen (secondary N) is 1. The number of pyridine rings is 1. The van der Waals surface area contributed by atoms with Crippen molar-refractivity contribution in [3.05, 3.63) is 53.4 Å². The number of rotatable bonds is 6. The summed E-state index contributed by atoms with van der Waals surface area (Å²) in [5, 5.41) is 2.47. The molecule has 2 aromatic rings. The number of halogens is 5. The monoisotopic (exact) mass is 488 g/mol. The van der Waals surface area contributed by atoms with Crippen molar-refractivity contribution in [3.63, 3.8) is 0 Å². The van der Waals surface area contributed by atoms with Gasteiger partial charge in [0.2, 0.25) is 5.82 Å². The van der Waals surface area contributed by atoms with Gasteiger partial charge >= 0.3 is 12.1 Å². The Morgan fingerprint density at radius 2 is 1.94 bits per heavy atom. The zero-order chi connectivity index (χ0) is 25.3. The van der Waals surface area contributed by atoms with Crippen LogP contribution in [0, 0.1) is 11.6 Å². The van der Waals surface area contributed by atoms with Crippen LogP contribution in [0.15, 0.2) is 30.5 Å². The van der Waals surface area contributed by atoms with Gasteiger partial charge in [0, 0.05) is 23.4 Å². The molecule has 1 aliphatic heterocycles. The van der Waals surface area contributed by atoms with Gasteiger partial charge in [0.15, 0.2) is 11.6 Å². The number of ether oxygens (including phenoxy) is 3. The molecule has 1 aliphatic rings. The fourth-order valence-corrected chi connectivity index (χ4v) is 4.04. The smallest absolute Gasteiger partial charge is 0.391 e. The lowest BCUT2D eigenvalue weighted by molar-refractivity contribution is -0.182. The molecule has 3 atom stereocenters. The summed E-state index contributed by atoms with van der Waals surface area (Å²) in [6.07, 6.45) is -6.59. The van der Waals surface area contributed by atoms with Crippen molar-refractivity contribution in [3.8, 4) is 5.75 Å². The summed E-state index contributed by atoms with van der Waals surface area (Å²) in [5.41, 5.74) is -1.86. The summed E-state index contributed by atoms with van der Waals surface area (Å²) < 4.78 is 82.8. The van der Waals surface area contributed by atoms with Crippen LogP contribution < -0.4 is 10.1 Å². The fraction of sp³-hybridized carbons (Fsp3) is 0.409. The van der Waals surface area contributed by atoms with Crippen LogP contribution in [0.1, 0.15) is 41.7 Å². The molecule has 3 unspecified atom stereocenters. The van der Waals surface area contributed by atoms with Gasteiger partial charge in [-0.2, -0.15) is 17.6 Å². The van der Waals surface area contributed by atoms with Crippen LogP contribution in [-0.2, 0) is 14.3 Å². The zero-order valence-corrected chi connectivity index (χ0v) is 18.3. The van der Waals surface area contributed by atoms with Crippen LogP contribution in [0.2, 0.25) is 0 Å². The summed E-state index contributed by atoms with van der Waals surface area (Å²) in [6.45, 7) is 1.19. The zero-order valence-electron chi connectivity index (χ0n) is 18.3. The molecule has 7 nitrogen and oxygen atoms in total. The Morgan fingerprint density at radius 1 is 1.24 bits per heavy atom. The summed E-state index contributed by atoms with van der Waals surface area (Å²) in [6, 6.07) is 4.50. The van der Waals surface area contributed by atoms with Crippen LogP contribution in [0.3, 0.4) is 0 Å². The second-order valence-corrected chi connectivity index (χ2v) is 7.99. The molecule has 184 valence electrons. The maximum atomic E-state index is 14.3. The summed E-state index contributed by atoms with van der Waals surface area (Å²) in [7, 11) is 2.22. The quantitative estimate of drug-likeness (QED) is 0.480. The Kier molecular flexibility index (Phi) is 7.10. The average Bonchev–Trinajstić information content (AvgIpc) is 3.10. The maximum Gasteiger partial charge on any atom is 0.391 e. The van der Waals surface area contributed by atoms with E-state index in [4.69, 9.17) is 9.47 Å². The van der Waals surface area contributed by atoms with Crippen LogP contribution in [-0.4, -0.2) is 49.0 Å². The second-order valence-electron chi connectivity index (χ2n) is 7.99. The van der Waals surface area contributed by atoms with E-state index in [2.05, 4.69) is 15.0 Å². The Hall–Kier alpha value is -3.28. The average molecular weight is 488 g/mol. The first-order chi connectivity index (χ1) is 15.9. The van der Waals surface area contributed by atoms with Gasteiger partial charge in [0.25, 0.3) is 5.91 Å². The van der Waals surface area contributed by atoms with Crippen molar-refractivity contribution in [2.24, 2.45) is 0 Å². The van der Waals surface area contributed by atoms with Gasteiger partial charge in [0.1, 0.15) is 11.8 Å². The molecule has 1 N–H and O–H groups in total. The number of esters is 1. The molecule has 2 heterocycles. The van der Waals surface area contributed by atoms with Crippen molar-refractivity contribution in [1.29, 1.82) is 0 Å². The number of anilines is 1. The molecule has 1 saturated heterocycles. The molecule has 0 radical (unpaired) electrons. The van der Waals surface area contributed by atoms with Gasteiger partial charge in [-0.25, -0.2) is 14.2 Å². The maximum absolute atomic E-state index is 14.3. The molecule has 1 amide bonds. The summed E-state index contributed by atoms with van der Waals surface area (Å²) >= 11 is 0. The largest absolute Gasteiger partial charge is 0.493 e. The number of alkyl halides is 3. The Bertz CT molecular complexity index is 1090. The number of carbonyl (C=O) groups is 2. The third-order valence-electron chi connectivity index (χ3n) is 5.37. The topological polar surface area (TPSA) is 86.8 Å². The number of carbonyl (C=O) groups excluding carboxylic acids is 2. The Labute approximate surface area is 191 Å². The first-order valence-corrected chi connectivity index (χ1v) is 9.99. The van der Waals surface area contributed by atoms with E-state index in [9.17, 15) is 31.5 Å². The number of nitrogens with zero attached hydrogens (tertiary/aromatic N) is 1. The molecule has 34 heavy (non-hydrogen) atoms. The van der Waals surface area contributed by atoms with E-state index >= 15 is 0 Å². The predicted molar refractivity (Wildman–Crippen MR) is 108 cm³/mol. The minimum atomic E-state index is -4.61. The van der Waals surface area contributed by atoms with E-state index in [-0.39, 0.29) is 23.4 Å². The van der Waals surface area contributed by atoms with E-state index in [1.54, 1.807) is 0 Å². The summed E-state index contributed by atoms with van der Waals surface area (Å²) in [5.74, 6) is -5.80. The number of hydrogen-bond donors (Lipinski definition) is 1. The predicted octanol–water partition coefficient (Wildman–Crippen LogP) is 4.38. The van der Waals surface area contributed by atoms with E-state index < -0.39 is 59.5 Å². The molecule has 12 heteroatoms. The van der Waals surface area contributed by atoms with E-state index in [1.165, 1.54) is 25.3 Å². The Morgan fingerprint density at radius 3 is 2.56 bits per heavy atom. The first-order valence-electron chi connectivity index (χ1n) is 9.99. The number of amides is 1. The highest BCUT2D eigenvalue weighted by atomic mass is 19.4. The van der Waals surface area contributed by atoms with Crippen molar-refractivity contribution in [2.75, 3.05) is 19.5 Å². The lowest BCUT2D eigenvalue weighted by Gasteiger charge is -2.25. The second kappa shape index (κ2) is 9.53. The van der Waals surface area contributed by atoms with Gasteiger partial charge in [-0.3, -0.25) is 4.79 Å². The molecular weight excluding hydrogens is 467 g/mol. The lowest BCUT2D eigenvalue weighted by atomic mass is 9.84. The molecule has 0 spiro atoms. The van der Waals surface area contributed by atoms with Crippen molar-refractivity contribution in [1.82, 2.24) is 4.98 Å². The molecule has 0 saturated carbocycles.